The molecule has 28 heavy (non-hydrogen) atoms. The molecule has 2 N–H and O–H groups in total. The van der Waals surface area contributed by atoms with Crippen molar-refractivity contribution in [2.75, 3.05) is 5.32 Å². The number of fused-ring (bicyclic) bond motifs is 1. The standard InChI is InChI=1S/C19H20N4O3S2/c1-18(2)9-12-13(10-20)17(28-16(12)19(3,4)22-18)21-14(24)7-5-11-6-8-15(27-11)23(25)26/h5-8,22H,9H2,1-4H3,(H,21,24)/b7-5+. The molecule has 0 atom stereocenters. The highest BCUT2D eigenvalue weighted by Gasteiger charge is 2.40. The molecule has 0 saturated carbocycles. The lowest BCUT2D eigenvalue weighted by molar-refractivity contribution is -0.380. The average Bonchev–Trinajstić information content (AvgIpc) is 3.16. The van der Waals surface area contributed by atoms with Gasteiger partial charge in [-0.05, 0) is 51.8 Å². The fourth-order valence-corrected chi connectivity index (χ4v) is 5.53. The van der Waals surface area contributed by atoms with Gasteiger partial charge in [0.05, 0.1) is 10.5 Å². The average molecular weight is 417 g/mol. The van der Waals surface area contributed by atoms with Crippen LogP contribution in [0.3, 0.4) is 0 Å². The van der Waals surface area contributed by atoms with Crippen LogP contribution >= 0.6 is 22.7 Å². The Balaban J connectivity index is 1.84. The summed E-state index contributed by atoms with van der Waals surface area (Å²) in [7, 11) is 0. The Labute approximate surface area is 170 Å². The molecule has 3 rings (SSSR count). The molecule has 0 fully saturated rings. The van der Waals surface area contributed by atoms with E-state index in [1.165, 1.54) is 29.6 Å². The Morgan fingerprint density at radius 3 is 2.68 bits per heavy atom. The van der Waals surface area contributed by atoms with Crippen molar-refractivity contribution in [1.82, 2.24) is 5.32 Å². The number of nitro groups is 1. The molecule has 0 aromatic carbocycles. The van der Waals surface area contributed by atoms with Crippen LogP contribution in [-0.4, -0.2) is 16.4 Å². The second-order valence-electron chi connectivity index (χ2n) is 7.79. The molecule has 3 heterocycles. The molecule has 2 aromatic rings. The number of thiophene rings is 2. The summed E-state index contributed by atoms with van der Waals surface area (Å²) < 4.78 is 0. The molecular formula is C19H20N4O3S2. The number of carbonyl (C=O) groups is 1. The van der Waals surface area contributed by atoms with E-state index >= 15 is 0 Å². The van der Waals surface area contributed by atoms with Crippen LogP contribution < -0.4 is 10.6 Å². The van der Waals surface area contributed by atoms with Crippen molar-refractivity contribution >= 4 is 44.7 Å². The molecule has 146 valence electrons. The van der Waals surface area contributed by atoms with Crippen LogP contribution in [0.25, 0.3) is 6.08 Å². The third-order valence-corrected chi connectivity index (χ3v) is 6.86. The Hall–Kier alpha value is -2.54. The van der Waals surface area contributed by atoms with Gasteiger partial charge >= 0.3 is 5.00 Å². The van der Waals surface area contributed by atoms with Crippen molar-refractivity contribution in [2.24, 2.45) is 0 Å². The van der Waals surface area contributed by atoms with Gasteiger partial charge in [0.2, 0.25) is 5.91 Å². The van der Waals surface area contributed by atoms with Gasteiger partial charge in [-0.2, -0.15) is 5.26 Å². The van der Waals surface area contributed by atoms with Crippen molar-refractivity contribution in [3.63, 3.8) is 0 Å². The molecule has 7 nitrogen and oxygen atoms in total. The topological polar surface area (TPSA) is 108 Å². The van der Waals surface area contributed by atoms with Crippen LogP contribution in [0, 0.1) is 21.4 Å². The zero-order chi connectivity index (χ0) is 20.7. The van der Waals surface area contributed by atoms with Crippen LogP contribution in [-0.2, 0) is 16.8 Å². The summed E-state index contributed by atoms with van der Waals surface area (Å²) >= 11 is 2.41. The van der Waals surface area contributed by atoms with Crippen LogP contribution in [0.2, 0.25) is 0 Å². The summed E-state index contributed by atoms with van der Waals surface area (Å²) in [5.41, 5.74) is 1.03. The Morgan fingerprint density at radius 1 is 1.36 bits per heavy atom. The number of carbonyl (C=O) groups excluding carboxylic acids is 1. The fraction of sp³-hybridized carbons (Fsp3) is 0.368. The first-order valence-corrected chi connectivity index (χ1v) is 10.2. The molecule has 1 amide bonds. The first-order chi connectivity index (χ1) is 13.0. The van der Waals surface area contributed by atoms with E-state index in [4.69, 9.17) is 0 Å². The van der Waals surface area contributed by atoms with Gasteiger partial charge in [-0.1, -0.05) is 11.3 Å². The first-order valence-electron chi connectivity index (χ1n) is 8.61. The van der Waals surface area contributed by atoms with Crippen LogP contribution in [0.4, 0.5) is 10.0 Å². The molecule has 9 heteroatoms. The van der Waals surface area contributed by atoms with Gasteiger partial charge in [0, 0.05) is 33.0 Å². The van der Waals surface area contributed by atoms with Gasteiger partial charge in [0.1, 0.15) is 11.1 Å². The van der Waals surface area contributed by atoms with Gasteiger partial charge in [0.25, 0.3) is 0 Å². The van der Waals surface area contributed by atoms with Crippen molar-refractivity contribution in [3.05, 3.63) is 49.2 Å². The van der Waals surface area contributed by atoms with E-state index in [9.17, 15) is 20.2 Å². The SMILES string of the molecule is CC1(C)Cc2c(sc(NC(=O)/C=C/c3ccc([N+](=O)[O-])s3)c2C#N)C(C)(C)N1. The number of amides is 1. The first kappa shape index (κ1) is 20.2. The lowest BCUT2D eigenvalue weighted by atomic mass is 9.81. The molecule has 1 aliphatic heterocycles. The summed E-state index contributed by atoms with van der Waals surface area (Å²) in [6.45, 7) is 8.33. The molecular weight excluding hydrogens is 396 g/mol. The van der Waals surface area contributed by atoms with Crippen LogP contribution in [0.5, 0.6) is 0 Å². The lowest BCUT2D eigenvalue weighted by Gasteiger charge is -2.42. The van der Waals surface area contributed by atoms with E-state index in [1.807, 2.05) is 0 Å². The predicted molar refractivity (Wildman–Crippen MR) is 112 cm³/mol. The van der Waals surface area contributed by atoms with Crippen molar-refractivity contribution in [1.29, 1.82) is 5.26 Å². The normalized spacial score (nSPS) is 17.1. The summed E-state index contributed by atoms with van der Waals surface area (Å²) in [4.78, 5) is 24.3. The van der Waals surface area contributed by atoms with Crippen LogP contribution in [0.1, 0.15) is 48.6 Å². The van der Waals surface area contributed by atoms with E-state index < -0.39 is 4.92 Å². The third-order valence-electron chi connectivity index (χ3n) is 4.38. The summed E-state index contributed by atoms with van der Waals surface area (Å²) in [5.74, 6) is -0.379. The van der Waals surface area contributed by atoms with Gasteiger partial charge in [0.15, 0.2) is 0 Å². The van der Waals surface area contributed by atoms with Crippen molar-refractivity contribution in [2.45, 2.75) is 45.2 Å². The zero-order valence-electron chi connectivity index (χ0n) is 16.0. The minimum Gasteiger partial charge on any atom is -0.313 e. The predicted octanol–water partition coefficient (Wildman–Crippen LogP) is 4.40. The maximum atomic E-state index is 12.4. The maximum absolute atomic E-state index is 12.4. The quantitative estimate of drug-likeness (QED) is 0.436. The molecule has 1 aliphatic rings. The zero-order valence-corrected chi connectivity index (χ0v) is 17.6. The van der Waals surface area contributed by atoms with Crippen LogP contribution in [0.15, 0.2) is 18.2 Å². The number of anilines is 1. The molecule has 0 unspecified atom stereocenters. The van der Waals surface area contributed by atoms with Gasteiger partial charge in [-0.3, -0.25) is 14.9 Å². The highest BCUT2D eigenvalue weighted by molar-refractivity contribution is 7.17. The molecule has 0 aliphatic carbocycles. The number of rotatable bonds is 4. The number of hydrogen-bond acceptors (Lipinski definition) is 7. The van der Waals surface area contributed by atoms with Gasteiger partial charge in [-0.25, -0.2) is 0 Å². The number of hydrogen-bond donors (Lipinski definition) is 2. The highest BCUT2D eigenvalue weighted by Crippen LogP contribution is 2.44. The van der Waals surface area contributed by atoms with Crippen molar-refractivity contribution in [3.8, 4) is 6.07 Å². The smallest absolute Gasteiger partial charge is 0.313 e. The van der Waals surface area contributed by atoms with E-state index in [1.54, 1.807) is 6.07 Å². The van der Waals surface area contributed by atoms with E-state index in [-0.39, 0.29) is 22.0 Å². The van der Waals surface area contributed by atoms with E-state index in [0.29, 0.717) is 21.9 Å². The summed E-state index contributed by atoms with van der Waals surface area (Å²) in [6.07, 6.45) is 3.56. The fourth-order valence-electron chi connectivity index (χ4n) is 3.58. The number of nitrogens with one attached hydrogen (secondary N) is 2. The molecule has 2 aromatic heterocycles. The maximum Gasteiger partial charge on any atom is 0.324 e. The van der Waals surface area contributed by atoms with Crippen molar-refractivity contribution < 1.29 is 9.72 Å². The second kappa shape index (κ2) is 7.13. The third kappa shape index (κ3) is 3.99. The molecule has 0 bridgehead atoms. The Kier molecular flexibility index (Phi) is 5.14. The minimum absolute atomic E-state index is 0.0232. The molecule has 0 radical (unpaired) electrons. The minimum atomic E-state index is -0.464. The summed E-state index contributed by atoms with van der Waals surface area (Å²) in [6, 6.07) is 5.24. The van der Waals surface area contributed by atoms with E-state index in [2.05, 4.69) is 44.4 Å². The second-order valence-corrected chi connectivity index (χ2v) is 9.91. The number of nitriles is 1. The monoisotopic (exact) mass is 416 g/mol. The Bertz CT molecular complexity index is 1020. The Morgan fingerprint density at radius 2 is 2.07 bits per heavy atom. The van der Waals surface area contributed by atoms with Gasteiger partial charge < -0.3 is 10.6 Å². The lowest BCUT2D eigenvalue weighted by Crippen LogP contribution is -2.54. The van der Waals surface area contributed by atoms with Gasteiger partial charge in [-0.15, -0.1) is 11.3 Å². The number of nitrogens with zero attached hydrogens (tertiary/aromatic N) is 2. The summed E-state index contributed by atoms with van der Waals surface area (Å²) in [5, 5.41) is 27.4. The molecule has 0 saturated heterocycles. The highest BCUT2D eigenvalue weighted by atomic mass is 32.1. The molecule has 0 spiro atoms. The van der Waals surface area contributed by atoms with E-state index in [0.717, 1.165) is 21.8 Å². The largest absolute Gasteiger partial charge is 0.324 e.